The normalized spacial score (nSPS) is 11.7. The number of aliphatic carboxylic acids is 1. The first-order chi connectivity index (χ1) is 15.2. The van der Waals surface area contributed by atoms with Gasteiger partial charge in [0.05, 0.1) is 18.4 Å². The molecule has 3 nitrogen and oxygen atoms in total. The quantitative estimate of drug-likeness (QED) is 0.0876. The Bertz CT molecular complexity index is 403. The highest BCUT2D eigenvalue weighted by Crippen LogP contribution is 2.16. The lowest BCUT2D eigenvalue weighted by atomic mass is 10.0. The fourth-order valence-electron chi connectivity index (χ4n) is 4.15. The van der Waals surface area contributed by atoms with Crippen LogP contribution in [-0.4, -0.2) is 17.7 Å². The minimum atomic E-state index is -0.846. The average molecular weight is 439 g/mol. The zero-order valence-corrected chi connectivity index (χ0v) is 21.1. The lowest BCUT2D eigenvalue weighted by Gasteiger charge is -2.05. The van der Waals surface area contributed by atoms with E-state index in [0.29, 0.717) is 18.6 Å². The number of ether oxygens (including phenoxy) is 1. The molecule has 31 heavy (non-hydrogen) atoms. The van der Waals surface area contributed by atoms with Crippen LogP contribution in [0.1, 0.15) is 155 Å². The molecule has 0 unspecified atom stereocenters. The van der Waals surface area contributed by atoms with Crippen LogP contribution < -0.4 is 0 Å². The Hall–Kier alpha value is -0.990. The first-order valence-corrected chi connectivity index (χ1v) is 13.8. The van der Waals surface area contributed by atoms with Crippen molar-refractivity contribution in [2.24, 2.45) is 0 Å². The lowest BCUT2D eigenvalue weighted by Crippen LogP contribution is -2.01. The van der Waals surface area contributed by atoms with E-state index >= 15 is 0 Å². The van der Waals surface area contributed by atoms with Gasteiger partial charge in [-0.05, 0) is 19.8 Å². The third-order valence-electron chi connectivity index (χ3n) is 6.22. The van der Waals surface area contributed by atoms with E-state index in [-0.39, 0.29) is 0 Å². The summed E-state index contributed by atoms with van der Waals surface area (Å²) in [5.74, 6) is -0.846. The predicted octanol–water partition coefficient (Wildman–Crippen LogP) is 9.59. The van der Waals surface area contributed by atoms with E-state index < -0.39 is 5.97 Å². The van der Waals surface area contributed by atoms with Crippen LogP contribution in [0.3, 0.4) is 0 Å². The molecule has 0 aromatic rings. The summed E-state index contributed by atoms with van der Waals surface area (Å²) >= 11 is 0. The number of hydrogen-bond acceptors (Lipinski definition) is 2. The van der Waals surface area contributed by atoms with Crippen LogP contribution in [-0.2, 0) is 9.53 Å². The molecule has 0 saturated carbocycles. The SMILES string of the molecule is CCCCCCCCCCCCCCCCCCCCCCCC(=COCC)C(=O)O. The second-order valence-electron chi connectivity index (χ2n) is 9.22. The highest BCUT2D eigenvalue weighted by molar-refractivity contribution is 5.86. The van der Waals surface area contributed by atoms with E-state index in [4.69, 9.17) is 9.84 Å². The van der Waals surface area contributed by atoms with Crippen LogP contribution in [0.4, 0.5) is 0 Å². The number of carboxylic acids is 1. The Morgan fingerprint density at radius 1 is 0.581 bits per heavy atom. The highest BCUT2D eigenvalue weighted by atomic mass is 16.5. The maximum Gasteiger partial charge on any atom is 0.334 e. The van der Waals surface area contributed by atoms with Crippen molar-refractivity contribution in [1.29, 1.82) is 0 Å². The number of rotatable bonds is 25. The molecule has 3 heteroatoms. The third-order valence-corrected chi connectivity index (χ3v) is 6.22. The van der Waals surface area contributed by atoms with Crippen molar-refractivity contribution < 1.29 is 14.6 Å². The molecule has 0 saturated heterocycles. The molecule has 184 valence electrons. The second kappa shape index (κ2) is 25.3. The topological polar surface area (TPSA) is 46.5 Å². The summed E-state index contributed by atoms with van der Waals surface area (Å²) in [5, 5.41) is 9.12. The van der Waals surface area contributed by atoms with Gasteiger partial charge in [0.1, 0.15) is 0 Å². The van der Waals surface area contributed by atoms with Crippen molar-refractivity contribution in [3.8, 4) is 0 Å². The van der Waals surface area contributed by atoms with Gasteiger partial charge in [-0.2, -0.15) is 0 Å². The molecule has 0 aromatic carbocycles. The van der Waals surface area contributed by atoms with Gasteiger partial charge in [-0.25, -0.2) is 4.79 Å². The second-order valence-corrected chi connectivity index (χ2v) is 9.22. The van der Waals surface area contributed by atoms with Gasteiger partial charge in [-0.3, -0.25) is 0 Å². The average Bonchev–Trinajstić information content (AvgIpc) is 2.76. The van der Waals surface area contributed by atoms with Crippen LogP contribution in [0.15, 0.2) is 11.8 Å². The van der Waals surface area contributed by atoms with Crippen LogP contribution in [0.25, 0.3) is 0 Å². The molecule has 0 spiro atoms. The zero-order chi connectivity index (χ0) is 22.8. The van der Waals surface area contributed by atoms with E-state index in [9.17, 15) is 4.79 Å². The number of unbranched alkanes of at least 4 members (excludes halogenated alkanes) is 20. The van der Waals surface area contributed by atoms with Gasteiger partial charge in [0.15, 0.2) is 0 Å². The molecule has 0 rings (SSSR count). The summed E-state index contributed by atoms with van der Waals surface area (Å²) in [5.41, 5.74) is 0.402. The van der Waals surface area contributed by atoms with Gasteiger partial charge in [-0.15, -0.1) is 0 Å². The Balaban J connectivity index is 3.21. The third kappa shape index (κ3) is 23.5. The largest absolute Gasteiger partial charge is 0.501 e. The van der Waals surface area contributed by atoms with Gasteiger partial charge < -0.3 is 9.84 Å². The van der Waals surface area contributed by atoms with E-state index in [2.05, 4.69) is 6.92 Å². The Morgan fingerprint density at radius 2 is 0.903 bits per heavy atom. The van der Waals surface area contributed by atoms with Crippen LogP contribution >= 0.6 is 0 Å². The first-order valence-electron chi connectivity index (χ1n) is 13.8. The predicted molar refractivity (Wildman–Crippen MR) is 135 cm³/mol. The van der Waals surface area contributed by atoms with Crippen molar-refractivity contribution in [1.82, 2.24) is 0 Å². The van der Waals surface area contributed by atoms with Crippen LogP contribution in [0, 0.1) is 0 Å². The molecule has 0 heterocycles. The molecule has 1 N–H and O–H groups in total. The highest BCUT2D eigenvalue weighted by Gasteiger charge is 2.07. The number of hydrogen-bond donors (Lipinski definition) is 1. The van der Waals surface area contributed by atoms with Crippen molar-refractivity contribution in [3.63, 3.8) is 0 Å². The number of carboxylic acid groups (broad SMARTS) is 1. The molecule has 0 aliphatic carbocycles. The van der Waals surface area contributed by atoms with Gasteiger partial charge in [0.2, 0.25) is 0 Å². The molecule has 0 atom stereocenters. The minimum absolute atomic E-state index is 0.402. The molecule has 0 aromatic heterocycles. The van der Waals surface area contributed by atoms with Crippen LogP contribution in [0.5, 0.6) is 0 Å². The maximum absolute atomic E-state index is 11.1. The zero-order valence-electron chi connectivity index (χ0n) is 21.1. The molecule has 0 fully saturated rings. The molecular formula is C28H54O3. The van der Waals surface area contributed by atoms with Crippen molar-refractivity contribution in [3.05, 3.63) is 11.8 Å². The van der Waals surface area contributed by atoms with Gasteiger partial charge in [0.25, 0.3) is 0 Å². The fraction of sp³-hybridized carbons (Fsp3) is 0.893. The van der Waals surface area contributed by atoms with Crippen molar-refractivity contribution >= 4 is 5.97 Å². The Labute approximate surface area is 194 Å². The molecule has 0 aliphatic heterocycles. The summed E-state index contributed by atoms with van der Waals surface area (Å²) in [6, 6.07) is 0. The molecule has 0 aliphatic rings. The van der Waals surface area contributed by atoms with Gasteiger partial charge >= 0.3 is 5.97 Å². The fourth-order valence-corrected chi connectivity index (χ4v) is 4.15. The lowest BCUT2D eigenvalue weighted by molar-refractivity contribution is -0.133. The summed E-state index contributed by atoms with van der Waals surface area (Å²) in [6.45, 7) is 4.68. The van der Waals surface area contributed by atoms with Gasteiger partial charge in [0, 0.05) is 0 Å². The van der Waals surface area contributed by atoms with E-state index in [1.54, 1.807) is 0 Å². The van der Waals surface area contributed by atoms with E-state index in [1.165, 1.54) is 128 Å². The molecule has 0 radical (unpaired) electrons. The standard InChI is InChI=1S/C28H54O3/c1-3-5-6-7-8-9-10-11-12-13-14-15-16-17-18-19-20-21-22-23-24-25-27(28(29)30)26-31-4-2/h26H,3-25H2,1-2H3,(H,29,30). The molecular weight excluding hydrogens is 384 g/mol. The summed E-state index contributed by atoms with van der Waals surface area (Å²) in [4.78, 5) is 11.1. The Kier molecular flexibility index (Phi) is 24.5. The molecule has 0 amide bonds. The smallest absolute Gasteiger partial charge is 0.334 e. The first kappa shape index (κ1) is 30.0. The Morgan fingerprint density at radius 3 is 1.19 bits per heavy atom. The van der Waals surface area contributed by atoms with Crippen LogP contribution in [0.2, 0.25) is 0 Å². The minimum Gasteiger partial charge on any atom is -0.501 e. The van der Waals surface area contributed by atoms with Crippen molar-refractivity contribution in [2.45, 2.75) is 155 Å². The van der Waals surface area contributed by atoms with E-state index in [1.807, 2.05) is 6.92 Å². The maximum atomic E-state index is 11.1. The van der Waals surface area contributed by atoms with Gasteiger partial charge in [-0.1, -0.05) is 135 Å². The molecule has 0 bridgehead atoms. The summed E-state index contributed by atoms with van der Waals surface area (Å²) in [6.07, 6.45) is 30.8. The summed E-state index contributed by atoms with van der Waals surface area (Å²) in [7, 11) is 0. The summed E-state index contributed by atoms with van der Waals surface area (Å²) < 4.78 is 5.11. The van der Waals surface area contributed by atoms with E-state index in [0.717, 1.165) is 12.8 Å². The van der Waals surface area contributed by atoms with Crippen molar-refractivity contribution in [2.75, 3.05) is 6.61 Å². The number of carbonyl (C=O) groups is 1. The monoisotopic (exact) mass is 438 g/mol.